The molecule has 3 rings (SSSR count). The van der Waals surface area contributed by atoms with Gasteiger partial charge in [-0.15, -0.1) is 0 Å². The first kappa shape index (κ1) is 21.3. The number of benzene rings is 2. The van der Waals surface area contributed by atoms with Gasteiger partial charge in [-0.3, -0.25) is 15.0 Å². The van der Waals surface area contributed by atoms with Gasteiger partial charge in [0.05, 0.1) is 17.0 Å². The largest absolute Gasteiger partial charge is 0.478 e. The van der Waals surface area contributed by atoms with E-state index >= 15 is 0 Å². The second-order valence-corrected chi connectivity index (χ2v) is 7.29. The van der Waals surface area contributed by atoms with Crippen LogP contribution in [0.4, 0.5) is 15.8 Å². The summed E-state index contributed by atoms with van der Waals surface area (Å²) in [5, 5.41) is 11.0. The number of rotatable bonds is 6. The number of nitrogens with zero attached hydrogens (tertiary/aromatic N) is 3. The van der Waals surface area contributed by atoms with Gasteiger partial charge < -0.3 is 15.4 Å². The van der Waals surface area contributed by atoms with Gasteiger partial charge in [0.1, 0.15) is 35.6 Å². The van der Waals surface area contributed by atoms with E-state index in [9.17, 15) is 19.3 Å². The molecule has 1 aliphatic rings. The number of carbonyl (C=O) groups excluding carboxylic acids is 1. The average Bonchev–Trinajstić information content (AvgIpc) is 2.72. The van der Waals surface area contributed by atoms with Gasteiger partial charge in [0, 0.05) is 19.1 Å². The summed E-state index contributed by atoms with van der Waals surface area (Å²) in [6.45, 7) is 5.06. The molecular formula is C21H23FN4O4. The Kier molecular flexibility index (Phi) is 6.34. The number of hydrogen-bond donors (Lipinski definition) is 1. The monoisotopic (exact) mass is 414 g/mol. The molecule has 0 spiro atoms. The number of nitrogen functional groups attached to an aromatic ring is 1. The molecular weight excluding hydrogens is 391 g/mol. The number of ether oxygens (including phenoxy) is 1. The van der Waals surface area contributed by atoms with Crippen molar-refractivity contribution in [1.29, 1.82) is 0 Å². The van der Waals surface area contributed by atoms with E-state index < -0.39 is 4.92 Å². The quantitative estimate of drug-likeness (QED) is 0.336. The van der Waals surface area contributed by atoms with Crippen LogP contribution in [0.15, 0.2) is 48.2 Å². The molecule has 1 heterocycles. The summed E-state index contributed by atoms with van der Waals surface area (Å²) >= 11 is 0. The van der Waals surface area contributed by atoms with Gasteiger partial charge in [-0.05, 0) is 43.7 Å². The summed E-state index contributed by atoms with van der Waals surface area (Å²) in [5.41, 5.74) is 6.83. The molecule has 158 valence electrons. The average molecular weight is 414 g/mol. The normalized spacial score (nSPS) is 19.4. The summed E-state index contributed by atoms with van der Waals surface area (Å²) in [6, 6.07) is 10.2. The van der Waals surface area contributed by atoms with E-state index in [4.69, 9.17) is 10.5 Å². The van der Waals surface area contributed by atoms with Crippen molar-refractivity contribution in [3.63, 3.8) is 0 Å². The van der Waals surface area contributed by atoms with Gasteiger partial charge in [0.25, 0.3) is 5.69 Å². The minimum atomic E-state index is -0.561. The van der Waals surface area contributed by atoms with Crippen molar-refractivity contribution < 1.29 is 18.8 Å². The number of nitro benzene ring substituents is 1. The number of anilines is 1. The molecule has 1 fully saturated rings. The second-order valence-electron chi connectivity index (χ2n) is 7.29. The first-order chi connectivity index (χ1) is 14.3. The highest BCUT2D eigenvalue weighted by Gasteiger charge is 2.34. The van der Waals surface area contributed by atoms with Crippen molar-refractivity contribution in [3.8, 4) is 5.75 Å². The molecule has 2 aromatic rings. The predicted molar refractivity (Wildman–Crippen MR) is 110 cm³/mol. The minimum Gasteiger partial charge on any atom is -0.478 e. The molecule has 30 heavy (non-hydrogen) atoms. The maximum absolute atomic E-state index is 13.2. The Labute approximate surface area is 173 Å². The summed E-state index contributed by atoms with van der Waals surface area (Å²) in [5.74, 6) is 2.05. The highest BCUT2D eigenvalue weighted by Crippen LogP contribution is 2.28. The molecule has 2 atom stereocenters. The Hall–Kier alpha value is -3.42. The summed E-state index contributed by atoms with van der Waals surface area (Å²) in [6.07, 6.45) is 0. The fourth-order valence-corrected chi connectivity index (χ4v) is 3.51. The third kappa shape index (κ3) is 4.59. The number of hydrogen-bond acceptors (Lipinski definition) is 7. The number of halogens is 1. The van der Waals surface area contributed by atoms with Gasteiger partial charge in [0.2, 0.25) is 0 Å². The maximum Gasteiger partial charge on any atom is 0.295 e. The summed E-state index contributed by atoms with van der Waals surface area (Å²) in [7, 11) is 0. The van der Waals surface area contributed by atoms with Crippen LogP contribution >= 0.6 is 0 Å². The summed E-state index contributed by atoms with van der Waals surface area (Å²) in [4.78, 5) is 26.1. The van der Waals surface area contributed by atoms with Crippen LogP contribution in [-0.2, 0) is 11.3 Å². The Morgan fingerprint density at radius 2 is 1.97 bits per heavy atom. The first-order valence-electron chi connectivity index (χ1n) is 9.47. The summed E-state index contributed by atoms with van der Waals surface area (Å²) < 4.78 is 18.9. The Morgan fingerprint density at radius 1 is 1.27 bits per heavy atom. The lowest BCUT2D eigenvalue weighted by Crippen LogP contribution is -2.55. The molecule has 1 aliphatic heterocycles. The van der Waals surface area contributed by atoms with Crippen LogP contribution in [0, 0.1) is 15.9 Å². The van der Waals surface area contributed by atoms with Crippen LogP contribution in [0.5, 0.6) is 5.75 Å². The van der Waals surface area contributed by atoms with Crippen molar-refractivity contribution in [1.82, 2.24) is 9.80 Å². The van der Waals surface area contributed by atoms with E-state index in [0.717, 1.165) is 5.56 Å². The third-order valence-electron chi connectivity index (χ3n) is 5.25. The highest BCUT2D eigenvalue weighted by atomic mass is 19.1. The van der Waals surface area contributed by atoms with Crippen molar-refractivity contribution in [3.05, 3.63) is 69.7 Å². The molecule has 0 saturated carbocycles. The number of nitrogens with two attached hydrogens (primary N) is 1. The van der Waals surface area contributed by atoms with Gasteiger partial charge in [-0.2, -0.15) is 0 Å². The molecule has 2 aromatic carbocycles. The van der Waals surface area contributed by atoms with Crippen LogP contribution < -0.4 is 10.5 Å². The van der Waals surface area contributed by atoms with Gasteiger partial charge in [-0.25, -0.2) is 9.18 Å². The predicted octanol–water partition coefficient (Wildman–Crippen LogP) is 2.96. The Morgan fingerprint density at radius 3 is 2.60 bits per heavy atom. The fourth-order valence-electron chi connectivity index (χ4n) is 3.51. The van der Waals surface area contributed by atoms with E-state index in [2.05, 4.69) is 0 Å². The SMILES string of the molecule is C[C@@H]1CN(COc2ccc(N)c([N+](=O)[O-])c2)[C@@H](C)C(=C=O)N1Cc1ccc(F)cc1. The van der Waals surface area contributed by atoms with Gasteiger partial charge in [0.15, 0.2) is 0 Å². The van der Waals surface area contributed by atoms with Gasteiger partial charge in [-0.1, -0.05) is 12.1 Å². The zero-order chi connectivity index (χ0) is 21.8. The lowest BCUT2D eigenvalue weighted by molar-refractivity contribution is -0.384. The zero-order valence-electron chi connectivity index (χ0n) is 16.7. The fraction of sp³-hybridized carbons (Fsp3) is 0.333. The van der Waals surface area contributed by atoms with Gasteiger partial charge >= 0.3 is 0 Å². The minimum absolute atomic E-state index is 0.0212. The molecule has 0 aromatic heterocycles. The van der Waals surface area contributed by atoms with Crippen LogP contribution in [-0.4, -0.2) is 46.0 Å². The smallest absolute Gasteiger partial charge is 0.295 e. The topological polar surface area (TPSA) is 102 Å². The zero-order valence-corrected chi connectivity index (χ0v) is 16.7. The van der Waals surface area contributed by atoms with E-state index in [-0.39, 0.29) is 36.0 Å². The van der Waals surface area contributed by atoms with E-state index in [1.807, 2.05) is 29.6 Å². The Balaban J connectivity index is 1.70. The van der Waals surface area contributed by atoms with Crippen LogP contribution in [0.2, 0.25) is 0 Å². The van der Waals surface area contributed by atoms with Crippen molar-refractivity contribution in [2.75, 3.05) is 19.0 Å². The molecule has 8 nitrogen and oxygen atoms in total. The number of piperazine rings is 1. The molecule has 2 N–H and O–H groups in total. The van der Waals surface area contributed by atoms with Crippen LogP contribution in [0.3, 0.4) is 0 Å². The second kappa shape index (κ2) is 8.94. The lowest BCUT2D eigenvalue weighted by atomic mass is 10.0. The Bertz CT molecular complexity index is 975. The molecule has 9 heteroatoms. The number of nitro groups is 1. The standard InChI is InChI=1S/C21H23FN4O4/c1-14-10-24(13-30-18-7-8-19(23)20(9-18)26(28)29)15(2)21(12-27)25(14)11-16-3-5-17(22)6-4-16/h3-9,14-15H,10-11,13,23H2,1-2H3/t14-,15+/m1/s1. The molecule has 0 radical (unpaired) electrons. The highest BCUT2D eigenvalue weighted by molar-refractivity contribution is 5.60. The van der Waals surface area contributed by atoms with Crippen molar-refractivity contribution in [2.24, 2.45) is 0 Å². The lowest BCUT2D eigenvalue weighted by Gasteiger charge is -2.45. The molecule has 1 saturated heterocycles. The van der Waals surface area contributed by atoms with Crippen LogP contribution in [0.25, 0.3) is 0 Å². The van der Waals surface area contributed by atoms with E-state index in [0.29, 0.717) is 24.5 Å². The first-order valence-corrected chi connectivity index (χ1v) is 9.47. The van der Waals surface area contributed by atoms with E-state index in [1.54, 1.807) is 18.2 Å². The third-order valence-corrected chi connectivity index (χ3v) is 5.25. The molecule has 0 amide bonds. The molecule has 0 aliphatic carbocycles. The molecule has 0 bridgehead atoms. The van der Waals surface area contributed by atoms with Crippen molar-refractivity contribution in [2.45, 2.75) is 32.5 Å². The van der Waals surface area contributed by atoms with Crippen LogP contribution in [0.1, 0.15) is 19.4 Å². The maximum atomic E-state index is 13.2. The van der Waals surface area contributed by atoms with E-state index in [1.165, 1.54) is 24.3 Å². The van der Waals surface area contributed by atoms with Crippen molar-refractivity contribution >= 4 is 17.3 Å². The molecule has 0 unspecified atom stereocenters.